The third-order valence-corrected chi connectivity index (χ3v) is 4.69. The molecule has 0 fully saturated rings. The number of pyridine rings is 1. The predicted molar refractivity (Wildman–Crippen MR) is 116 cm³/mol. The SMILES string of the molecule is COc1ccc2[nH]c(=O)c(CN(CCN(C)C)C(=O)Nc3ccc(F)cc3)cc2c1. The molecule has 0 saturated carbocycles. The minimum atomic E-state index is -0.379. The Morgan fingerprint density at radius 3 is 2.50 bits per heavy atom. The number of likely N-dealkylation sites (N-methyl/N-ethyl adjacent to an activating group) is 1. The molecule has 0 radical (unpaired) electrons. The van der Waals surface area contributed by atoms with E-state index in [9.17, 15) is 14.0 Å². The molecule has 0 aliphatic heterocycles. The summed E-state index contributed by atoms with van der Waals surface area (Å²) in [4.78, 5) is 31.8. The molecule has 0 saturated heterocycles. The van der Waals surface area contributed by atoms with Crippen molar-refractivity contribution < 1.29 is 13.9 Å². The smallest absolute Gasteiger partial charge is 0.322 e. The summed E-state index contributed by atoms with van der Waals surface area (Å²) < 4.78 is 18.4. The number of hydrogen-bond acceptors (Lipinski definition) is 4. The summed E-state index contributed by atoms with van der Waals surface area (Å²) in [5.74, 6) is 0.301. The van der Waals surface area contributed by atoms with E-state index in [4.69, 9.17) is 4.74 Å². The highest BCUT2D eigenvalue weighted by Crippen LogP contribution is 2.19. The number of anilines is 1. The zero-order valence-electron chi connectivity index (χ0n) is 17.2. The van der Waals surface area contributed by atoms with Gasteiger partial charge in [0.25, 0.3) is 5.56 Å². The van der Waals surface area contributed by atoms with Crippen LogP contribution in [0.5, 0.6) is 5.75 Å². The van der Waals surface area contributed by atoms with Gasteiger partial charge in [-0.15, -0.1) is 0 Å². The quantitative estimate of drug-likeness (QED) is 0.624. The van der Waals surface area contributed by atoms with Gasteiger partial charge in [0.2, 0.25) is 0 Å². The third-order valence-electron chi connectivity index (χ3n) is 4.69. The van der Waals surface area contributed by atoms with Crippen LogP contribution in [0.25, 0.3) is 10.9 Å². The van der Waals surface area contributed by atoms with Gasteiger partial charge in [-0.1, -0.05) is 0 Å². The van der Waals surface area contributed by atoms with Crippen molar-refractivity contribution in [2.24, 2.45) is 0 Å². The van der Waals surface area contributed by atoms with Crippen LogP contribution in [0.1, 0.15) is 5.56 Å². The van der Waals surface area contributed by atoms with Gasteiger partial charge in [-0.3, -0.25) is 4.79 Å². The number of aromatic nitrogens is 1. The molecule has 0 atom stereocenters. The number of carbonyl (C=O) groups excluding carboxylic acids is 1. The van der Waals surface area contributed by atoms with E-state index in [-0.39, 0.29) is 24.0 Å². The lowest BCUT2D eigenvalue weighted by molar-refractivity contribution is 0.202. The monoisotopic (exact) mass is 412 g/mol. The van der Waals surface area contributed by atoms with Crippen LogP contribution in [0, 0.1) is 5.82 Å². The molecule has 0 aliphatic carbocycles. The topological polar surface area (TPSA) is 77.7 Å². The maximum atomic E-state index is 13.1. The molecule has 2 aromatic carbocycles. The number of aromatic amines is 1. The average Bonchev–Trinajstić information content (AvgIpc) is 2.72. The second-order valence-electron chi connectivity index (χ2n) is 7.24. The van der Waals surface area contributed by atoms with E-state index in [0.29, 0.717) is 35.6 Å². The Hall–Kier alpha value is -3.39. The van der Waals surface area contributed by atoms with Gasteiger partial charge in [-0.2, -0.15) is 0 Å². The van der Waals surface area contributed by atoms with Gasteiger partial charge in [-0.25, -0.2) is 9.18 Å². The molecule has 8 heteroatoms. The van der Waals surface area contributed by atoms with Crippen LogP contribution in [-0.2, 0) is 6.54 Å². The number of halogens is 1. The number of H-pyrrole nitrogens is 1. The first-order chi connectivity index (χ1) is 14.4. The van der Waals surface area contributed by atoms with Gasteiger partial charge < -0.3 is 24.8 Å². The van der Waals surface area contributed by atoms with Crippen molar-refractivity contribution in [1.29, 1.82) is 0 Å². The van der Waals surface area contributed by atoms with E-state index >= 15 is 0 Å². The first-order valence-corrected chi connectivity index (χ1v) is 9.52. The van der Waals surface area contributed by atoms with Crippen molar-refractivity contribution in [1.82, 2.24) is 14.8 Å². The first-order valence-electron chi connectivity index (χ1n) is 9.52. The number of fused-ring (bicyclic) bond motifs is 1. The number of carbonyl (C=O) groups is 1. The second kappa shape index (κ2) is 9.41. The van der Waals surface area contributed by atoms with Gasteiger partial charge in [0.15, 0.2) is 0 Å². The van der Waals surface area contributed by atoms with Crippen molar-refractivity contribution in [3.63, 3.8) is 0 Å². The number of rotatable bonds is 7. The minimum Gasteiger partial charge on any atom is -0.497 e. The van der Waals surface area contributed by atoms with Crippen LogP contribution >= 0.6 is 0 Å². The molecule has 3 aromatic rings. The average molecular weight is 412 g/mol. The van der Waals surface area contributed by atoms with Gasteiger partial charge >= 0.3 is 6.03 Å². The van der Waals surface area contributed by atoms with Gasteiger partial charge in [-0.05, 0) is 62.6 Å². The molecule has 2 N–H and O–H groups in total. The van der Waals surface area contributed by atoms with Crippen LogP contribution in [0.4, 0.5) is 14.9 Å². The summed E-state index contributed by atoms with van der Waals surface area (Å²) in [6.45, 7) is 1.16. The number of amides is 2. The Balaban J connectivity index is 1.86. The molecule has 158 valence electrons. The van der Waals surface area contributed by atoms with Crippen LogP contribution in [0.2, 0.25) is 0 Å². The highest BCUT2D eigenvalue weighted by molar-refractivity contribution is 5.89. The normalized spacial score (nSPS) is 11.0. The van der Waals surface area contributed by atoms with Crippen molar-refractivity contribution >= 4 is 22.6 Å². The van der Waals surface area contributed by atoms with Crippen molar-refractivity contribution in [3.8, 4) is 5.75 Å². The Bertz CT molecular complexity index is 1080. The summed E-state index contributed by atoms with van der Waals surface area (Å²) in [7, 11) is 5.40. The number of benzene rings is 2. The highest BCUT2D eigenvalue weighted by Gasteiger charge is 2.17. The standard InChI is InChI=1S/C22H25FN4O3/c1-26(2)10-11-27(22(29)24-18-6-4-17(23)5-7-18)14-16-12-15-13-19(30-3)8-9-20(15)25-21(16)28/h4-9,12-13H,10-11,14H2,1-3H3,(H,24,29)(H,25,28). The third kappa shape index (κ3) is 5.36. The van der Waals surface area contributed by atoms with E-state index in [2.05, 4.69) is 10.3 Å². The van der Waals surface area contributed by atoms with E-state index in [1.807, 2.05) is 25.1 Å². The van der Waals surface area contributed by atoms with Gasteiger partial charge in [0, 0.05) is 35.2 Å². The maximum absolute atomic E-state index is 13.1. The largest absolute Gasteiger partial charge is 0.497 e. The molecular weight excluding hydrogens is 387 g/mol. The number of nitrogens with zero attached hydrogens (tertiary/aromatic N) is 2. The molecule has 0 aliphatic rings. The second-order valence-corrected chi connectivity index (χ2v) is 7.24. The zero-order chi connectivity index (χ0) is 21.7. The summed E-state index contributed by atoms with van der Waals surface area (Å²) in [5.41, 5.74) is 1.38. The molecule has 0 bridgehead atoms. The predicted octanol–water partition coefficient (Wildman–Crippen LogP) is 3.27. The van der Waals surface area contributed by atoms with Gasteiger partial charge in [0.05, 0.1) is 13.7 Å². The number of ether oxygens (including phenoxy) is 1. The van der Waals surface area contributed by atoms with E-state index in [1.165, 1.54) is 24.3 Å². The number of hydrogen-bond donors (Lipinski definition) is 2. The Labute approximate surface area is 174 Å². The van der Waals surface area contributed by atoms with E-state index in [0.717, 1.165) is 5.39 Å². The minimum absolute atomic E-state index is 0.128. The maximum Gasteiger partial charge on any atom is 0.322 e. The summed E-state index contributed by atoms with van der Waals surface area (Å²) in [6, 6.07) is 12.3. The Kier molecular flexibility index (Phi) is 6.68. The van der Waals surface area contributed by atoms with Crippen LogP contribution in [0.15, 0.2) is 53.3 Å². The molecule has 7 nitrogen and oxygen atoms in total. The fourth-order valence-electron chi connectivity index (χ4n) is 2.99. The van der Waals surface area contributed by atoms with Crippen LogP contribution in [-0.4, -0.2) is 55.1 Å². The molecule has 1 heterocycles. The van der Waals surface area contributed by atoms with E-state index in [1.54, 1.807) is 30.2 Å². The van der Waals surface area contributed by atoms with Crippen molar-refractivity contribution in [2.45, 2.75) is 6.54 Å². The molecule has 30 heavy (non-hydrogen) atoms. The highest BCUT2D eigenvalue weighted by atomic mass is 19.1. The van der Waals surface area contributed by atoms with Crippen LogP contribution in [0.3, 0.4) is 0 Å². The zero-order valence-corrected chi connectivity index (χ0v) is 17.2. The summed E-state index contributed by atoms with van der Waals surface area (Å²) in [6.07, 6.45) is 0. The van der Waals surface area contributed by atoms with Crippen molar-refractivity contribution in [2.75, 3.05) is 39.6 Å². The Morgan fingerprint density at radius 1 is 1.10 bits per heavy atom. The van der Waals surface area contributed by atoms with E-state index < -0.39 is 0 Å². The lowest BCUT2D eigenvalue weighted by atomic mass is 10.1. The molecule has 3 rings (SSSR count). The van der Waals surface area contributed by atoms with Crippen LogP contribution < -0.4 is 15.6 Å². The molecule has 2 amide bonds. The molecular formula is C22H25FN4O3. The lowest BCUT2D eigenvalue weighted by Gasteiger charge is -2.24. The first kappa shape index (κ1) is 21.3. The number of methoxy groups -OCH3 is 1. The fraction of sp³-hybridized carbons (Fsp3) is 0.273. The molecule has 1 aromatic heterocycles. The molecule has 0 spiro atoms. The summed E-state index contributed by atoms with van der Waals surface area (Å²) in [5, 5.41) is 3.57. The molecule has 0 unspecified atom stereocenters. The van der Waals surface area contributed by atoms with Crippen molar-refractivity contribution in [3.05, 3.63) is 70.3 Å². The fourth-order valence-corrected chi connectivity index (χ4v) is 2.99. The van der Waals surface area contributed by atoms with Gasteiger partial charge in [0.1, 0.15) is 11.6 Å². The Morgan fingerprint density at radius 2 is 1.83 bits per heavy atom. The number of nitrogens with one attached hydrogen (secondary N) is 2. The summed E-state index contributed by atoms with van der Waals surface area (Å²) >= 11 is 0. The number of urea groups is 1. The lowest BCUT2D eigenvalue weighted by Crippen LogP contribution is -2.40.